The minimum atomic E-state index is -0.432. The molecule has 1 saturated heterocycles. The molecule has 1 aliphatic rings. The minimum absolute atomic E-state index is 0.0200. The Labute approximate surface area is 129 Å². The molecule has 2 aromatic rings. The number of likely N-dealkylation sites (tertiary alicyclic amines) is 1. The predicted molar refractivity (Wildman–Crippen MR) is 85.1 cm³/mol. The monoisotopic (exact) mass is 299 g/mol. The lowest BCUT2D eigenvalue weighted by Gasteiger charge is -2.25. The van der Waals surface area contributed by atoms with Crippen molar-refractivity contribution in [2.75, 3.05) is 6.54 Å². The van der Waals surface area contributed by atoms with Crippen LogP contribution < -0.4 is 5.73 Å². The van der Waals surface area contributed by atoms with Crippen molar-refractivity contribution in [2.45, 2.75) is 32.2 Å². The van der Waals surface area contributed by atoms with Gasteiger partial charge in [0.05, 0.1) is 0 Å². The summed E-state index contributed by atoms with van der Waals surface area (Å²) < 4.78 is 0. The zero-order valence-corrected chi connectivity index (χ0v) is 12.7. The number of carbonyl (C=O) groups is 2. The molecular weight excluding hydrogens is 278 g/mol. The molecule has 2 heterocycles. The van der Waals surface area contributed by atoms with Crippen LogP contribution >= 0.6 is 0 Å². The van der Waals surface area contributed by atoms with Gasteiger partial charge in [-0.25, -0.2) is 0 Å². The number of nitrogens with one attached hydrogen (secondary N) is 1. The smallest absolute Gasteiger partial charge is 0.240 e. The second-order valence-electron chi connectivity index (χ2n) is 6.06. The molecule has 0 aliphatic carbocycles. The van der Waals surface area contributed by atoms with E-state index in [1.54, 1.807) is 4.90 Å². The summed E-state index contributed by atoms with van der Waals surface area (Å²) in [5, 5.41) is 1.15. The molecule has 0 spiro atoms. The van der Waals surface area contributed by atoms with Crippen molar-refractivity contribution in [1.29, 1.82) is 0 Å². The van der Waals surface area contributed by atoms with Crippen LogP contribution in [-0.2, 0) is 16.0 Å². The summed E-state index contributed by atoms with van der Waals surface area (Å²) in [6, 6.07) is 7.63. The van der Waals surface area contributed by atoms with Crippen LogP contribution in [0.15, 0.2) is 30.5 Å². The van der Waals surface area contributed by atoms with Crippen molar-refractivity contribution in [3.05, 3.63) is 36.0 Å². The van der Waals surface area contributed by atoms with Crippen LogP contribution in [0.1, 0.15) is 25.3 Å². The van der Waals surface area contributed by atoms with Gasteiger partial charge in [0.1, 0.15) is 6.04 Å². The van der Waals surface area contributed by atoms with Crippen molar-refractivity contribution in [3.63, 3.8) is 0 Å². The first-order valence-corrected chi connectivity index (χ1v) is 7.72. The molecular formula is C17H21N3O2. The minimum Gasteiger partial charge on any atom is -0.368 e. The van der Waals surface area contributed by atoms with Crippen LogP contribution in [-0.4, -0.2) is 34.3 Å². The van der Waals surface area contributed by atoms with E-state index in [0.717, 1.165) is 22.9 Å². The maximum Gasteiger partial charge on any atom is 0.240 e. The third kappa shape index (κ3) is 2.58. The lowest BCUT2D eigenvalue weighted by molar-refractivity contribution is -0.140. The molecule has 116 valence electrons. The van der Waals surface area contributed by atoms with Crippen LogP contribution in [0.3, 0.4) is 0 Å². The molecule has 2 amide bonds. The number of H-pyrrole nitrogens is 1. The number of carbonyl (C=O) groups excluding carboxylic acids is 2. The van der Waals surface area contributed by atoms with E-state index in [-0.39, 0.29) is 11.8 Å². The number of hydrogen-bond acceptors (Lipinski definition) is 2. The SMILES string of the molecule is C[C@@H](Cc1c[nH]c2ccccc12)C(=O)N1CCC[C@H]1C(N)=O. The number of aromatic amines is 1. The van der Waals surface area contributed by atoms with Gasteiger partial charge in [0.25, 0.3) is 0 Å². The van der Waals surface area contributed by atoms with Gasteiger partial charge in [0.15, 0.2) is 0 Å². The summed E-state index contributed by atoms with van der Waals surface area (Å²) >= 11 is 0. The van der Waals surface area contributed by atoms with E-state index in [2.05, 4.69) is 11.1 Å². The number of hydrogen-bond donors (Lipinski definition) is 2. The number of aromatic nitrogens is 1. The van der Waals surface area contributed by atoms with Crippen molar-refractivity contribution in [1.82, 2.24) is 9.88 Å². The van der Waals surface area contributed by atoms with Gasteiger partial charge in [-0.05, 0) is 30.9 Å². The molecule has 0 unspecified atom stereocenters. The van der Waals surface area contributed by atoms with E-state index < -0.39 is 11.9 Å². The van der Waals surface area contributed by atoms with E-state index in [9.17, 15) is 9.59 Å². The lowest BCUT2D eigenvalue weighted by atomic mass is 9.99. The molecule has 3 rings (SSSR count). The first-order valence-electron chi connectivity index (χ1n) is 7.72. The molecule has 1 aliphatic heterocycles. The Morgan fingerprint density at radius 3 is 2.95 bits per heavy atom. The molecule has 1 fully saturated rings. The van der Waals surface area contributed by atoms with Crippen molar-refractivity contribution >= 4 is 22.7 Å². The van der Waals surface area contributed by atoms with E-state index >= 15 is 0 Å². The maximum atomic E-state index is 12.6. The molecule has 22 heavy (non-hydrogen) atoms. The van der Waals surface area contributed by atoms with E-state index in [4.69, 9.17) is 5.73 Å². The third-order valence-electron chi connectivity index (χ3n) is 4.49. The largest absolute Gasteiger partial charge is 0.368 e. The van der Waals surface area contributed by atoms with Crippen LogP contribution in [0.2, 0.25) is 0 Å². The Hall–Kier alpha value is -2.30. The number of nitrogens with two attached hydrogens (primary N) is 1. The Balaban J connectivity index is 1.75. The molecule has 2 atom stereocenters. The van der Waals surface area contributed by atoms with Gasteiger partial charge in [-0.3, -0.25) is 9.59 Å². The van der Waals surface area contributed by atoms with Gasteiger partial charge in [-0.15, -0.1) is 0 Å². The maximum absolute atomic E-state index is 12.6. The van der Waals surface area contributed by atoms with E-state index in [0.29, 0.717) is 19.4 Å². The fraction of sp³-hybridized carbons (Fsp3) is 0.412. The summed E-state index contributed by atoms with van der Waals surface area (Å²) in [6.07, 6.45) is 4.15. The quantitative estimate of drug-likeness (QED) is 0.903. The number of amides is 2. The highest BCUT2D eigenvalue weighted by Gasteiger charge is 2.34. The molecule has 5 nitrogen and oxygen atoms in total. The second-order valence-corrected chi connectivity index (χ2v) is 6.06. The topological polar surface area (TPSA) is 79.2 Å². The number of primary amides is 1. The number of nitrogens with zero attached hydrogens (tertiary/aromatic N) is 1. The number of rotatable bonds is 4. The van der Waals surface area contributed by atoms with Gasteiger partial charge in [-0.2, -0.15) is 0 Å². The van der Waals surface area contributed by atoms with E-state index in [1.807, 2.05) is 31.3 Å². The summed E-state index contributed by atoms with van der Waals surface area (Å²) in [5.41, 5.74) is 7.61. The average molecular weight is 299 g/mol. The average Bonchev–Trinajstić information content (AvgIpc) is 3.14. The van der Waals surface area contributed by atoms with Crippen molar-refractivity contribution < 1.29 is 9.59 Å². The Morgan fingerprint density at radius 1 is 1.41 bits per heavy atom. The van der Waals surface area contributed by atoms with Crippen molar-refractivity contribution in [3.8, 4) is 0 Å². The van der Waals surface area contributed by atoms with Gasteiger partial charge in [0, 0.05) is 29.6 Å². The van der Waals surface area contributed by atoms with Gasteiger partial charge in [0.2, 0.25) is 11.8 Å². The van der Waals surface area contributed by atoms with Crippen LogP contribution in [0.5, 0.6) is 0 Å². The Kier molecular flexibility index (Phi) is 3.88. The van der Waals surface area contributed by atoms with Crippen LogP contribution in [0.25, 0.3) is 10.9 Å². The van der Waals surface area contributed by atoms with Gasteiger partial charge in [-0.1, -0.05) is 25.1 Å². The third-order valence-corrected chi connectivity index (χ3v) is 4.49. The van der Waals surface area contributed by atoms with E-state index in [1.165, 1.54) is 0 Å². The molecule has 0 bridgehead atoms. The highest BCUT2D eigenvalue weighted by Crippen LogP contribution is 2.24. The number of benzene rings is 1. The highest BCUT2D eigenvalue weighted by atomic mass is 16.2. The van der Waals surface area contributed by atoms with Gasteiger partial charge < -0.3 is 15.6 Å². The highest BCUT2D eigenvalue weighted by molar-refractivity contribution is 5.89. The first kappa shape index (κ1) is 14.6. The van der Waals surface area contributed by atoms with Crippen LogP contribution in [0, 0.1) is 5.92 Å². The molecule has 1 aromatic carbocycles. The molecule has 3 N–H and O–H groups in total. The van der Waals surface area contributed by atoms with Gasteiger partial charge >= 0.3 is 0 Å². The van der Waals surface area contributed by atoms with Crippen molar-refractivity contribution in [2.24, 2.45) is 11.7 Å². The molecule has 0 radical (unpaired) electrons. The fourth-order valence-corrected chi connectivity index (χ4v) is 3.33. The first-order chi connectivity index (χ1) is 10.6. The summed E-state index contributed by atoms with van der Waals surface area (Å²) in [4.78, 5) is 29.0. The normalized spacial score (nSPS) is 19.5. The summed E-state index contributed by atoms with van der Waals surface area (Å²) in [5.74, 6) is -0.545. The van der Waals surface area contributed by atoms with Crippen LogP contribution in [0.4, 0.5) is 0 Å². The molecule has 0 saturated carbocycles. The molecule has 5 heteroatoms. The summed E-state index contributed by atoms with van der Waals surface area (Å²) in [7, 11) is 0. The lowest BCUT2D eigenvalue weighted by Crippen LogP contribution is -2.46. The predicted octanol–water partition coefficient (Wildman–Crippen LogP) is 1.82. The zero-order chi connectivity index (χ0) is 15.7. The number of fused-ring (bicyclic) bond motifs is 1. The summed E-state index contributed by atoms with van der Waals surface area (Å²) in [6.45, 7) is 2.55. The fourth-order valence-electron chi connectivity index (χ4n) is 3.33. The molecule has 1 aromatic heterocycles. The second kappa shape index (κ2) is 5.83. The Bertz CT molecular complexity index is 707. The zero-order valence-electron chi connectivity index (χ0n) is 12.7. The Morgan fingerprint density at radius 2 is 2.18 bits per heavy atom. The standard InChI is InChI=1S/C17H21N3O2/c1-11(17(22)20-8-4-7-15(20)16(18)21)9-12-10-19-14-6-3-2-5-13(12)14/h2-3,5-6,10-11,15,19H,4,7-9H2,1H3,(H2,18,21)/t11-,15-/m0/s1. The number of para-hydroxylation sites is 1.